The Labute approximate surface area is 222 Å². The summed E-state index contributed by atoms with van der Waals surface area (Å²) in [4.78, 5) is 24.2. The van der Waals surface area contributed by atoms with Gasteiger partial charge in [-0.2, -0.15) is 13.2 Å². The second kappa shape index (κ2) is 9.37. The van der Waals surface area contributed by atoms with Gasteiger partial charge in [0, 0.05) is 35.8 Å². The minimum Gasteiger partial charge on any atom is -0.439 e. The Morgan fingerprint density at radius 2 is 2.05 bits per heavy atom. The van der Waals surface area contributed by atoms with Gasteiger partial charge in [-0.3, -0.25) is 14.8 Å². The lowest BCUT2D eigenvalue weighted by molar-refractivity contribution is -0.165. The van der Waals surface area contributed by atoms with E-state index in [0.29, 0.717) is 23.2 Å². The van der Waals surface area contributed by atoms with Crippen molar-refractivity contribution in [2.45, 2.75) is 63.7 Å². The van der Waals surface area contributed by atoms with Crippen LogP contribution < -0.4 is 10.1 Å². The summed E-state index contributed by atoms with van der Waals surface area (Å²) in [6.45, 7) is 6.11. The maximum Gasteiger partial charge on any atom is 0.401 e. The molecule has 1 aliphatic heterocycles. The highest BCUT2D eigenvalue weighted by atomic mass is 19.4. The quantitative estimate of drug-likeness (QED) is 0.318. The van der Waals surface area contributed by atoms with Crippen LogP contribution in [0.3, 0.4) is 0 Å². The summed E-state index contributed by atoms with van der Waals surface area (Å²) in [5, 5.41) is 6.88. The second-order valence-electron chi connectivity index (χ2n) is 10.2. The lowest BCUT2D eigenvalue weighted by atomic mass is 9.99. The van der Waals surface area contributed by atoms with E-state index in [1.165, 1.54) is 10.9 Å². The first-order valence-electron chi connectivity index (χ1n) is 12.9. The van der Waals surface area contributed by atoms with Crippen LogP contribution in [0.15, 0.2) is 47.4 Å². The summed E-state index contributed by atoms with van der Waals surface area (Å²) >= 11 is 0. The Hall–Kier alpha value is -3.93. The van der Waals surface area contributed by atoms with Crippen molar-refractivity contribution < 1.29 is 27.2 Å². The number of nitrogens with zero attached hydrogens (tertiary/aromatic N) is 5. The Morgan fingerprint density at radius 3 is 2.79 bits per heavy atom. The zero-order valence-electron chi connectivity index (χ0n) is 21.5. The van der Waals surface area contributed by atoms with Crippen LogP contribution in [-0.4, -0.2) is 49.4 Å². The van der Waals surface area contributed by atoms with Gasteiger partial charge in [-0.25, -0.2) is 14.8 Å². The van der Waals surface area contributed by atoms with E-state index in [1.54, 1.807) is 30.5 Å². The van der Waals surface area contributed by atoms with E-state index in [2.05, 4.69) is 39.2 Å². The molecule has 4 heterocycles. The zero-order valence-corrected chi connectivity index (χ0v) is 21.5. The van der Waals surface area contributed by atoms with Crippen molar-refractivity contribution in [2.24, 2.45) is 0 Å². The molecule has 1 amide bonds. The van der Waals surface area contributed by atoms with Crippen LogP contribution in [0.5, 0.6) is 11.6 Å². The van der Waals surface area contributed by atoms with Gasteiger partial charge in [0.05, 0.1) is 11.2 Å². The van der Waals surface area contributed by atoms with Crippen LogP contribution in [0.25, 0.3) is 10.9 Å². The number of amides is 1. The van der Waals surface area contributed by atoms with Crippen LogP contribution in [0.4, 0.5) is 23.8 Å². The third-order valence-electron chi connectivity index (χ3n) is 7.59. The summed E-state index contributed by atoms with van der Waals surface area (Å²) in [5.41, 5.74) is 0.551. The minimum atomic E-state index is -4.43. The molecule has 12 heteroatoms. The third-order valence-corrected chi connectivity index (χ3v) is 7.59. The Balaban J connectivity index is 1.18. The van der Waals surface area contributed by atoms with Gasteiger partial charge in [-0.05, 0) is 63.4 Å². The second-order valence-corrected chi connectivity index (χ2v) is 10.2. The number of nitrogens with one attached hydrogen (secondary N) is 1. The molecule has 0 bridgehead atoms. The van der Waals surface area contributed by atoms with Crippen LogP contribution in [0, 0.1) is 0 Å². The van der Waals surface area contributed by atoms with E-state index in [1.807, 2.05) is 0 Å². The summed E-state index contributed by atoms with van der Waals surface area (Å²) < 4.78 is 52.6. The highest BCUT2D eigenvalue weighted by molar-refractivity contribution is 5.98. The number of carbonyl (C=O) groups excluding carboxylic acids is 1. The van der Waals surface area contributed by atoms with Crippen molar-refractivity contribution in [1.82, 2.24) is 24.6 Å². The third kappa shape index (κ3) is 4.52. The lowest BCUT2D eigenvalue weighted by Crippen LogP contribution is -2.39. The van der Waals surface area contributed by atoms with E-state index in [4.69, 9.17) is 9.26 Å². The van der Waals surface area contributed by atoms with Crippen molar-refractivity contribution in [1.29, 1.82) is 0 Å². The fourth-order valence-electron chi connectivity index (χ4n) is 5.22. The van der Waals surface area contributed by atoms with Crippen molar-refractivity contribution in [3.05, 3.63) is 59.9 Å². The number of rotatable bonds is 6. The van der Waals surface area contributed by atoms with Gasteiger partial charge < -0.3 is 9.26 Å². The number of hydrogen-bond acceptors (Lipinski definition) is 7. The number of alkyl halides is 3. The highest BCUT2D eigenvalue weighted by Gasteiger charge is 2.66. The Morgan fingerprint density at radius 1 is 1.23 bits per heavy atom. The SMILES string of the molecule is CCCN1Cc2ncnc(Oc3ccc4c(ccn4C(=O)Nc4cc(C5(C(F)(F)F)CC5)on4)c3)c2C[C@@H]1C. The summed E-state index contributed by atoms with van der Waals surface area (Å²) in [5.74, 6) is 0.721. The van der Waals surface area contributed by atoms with E-state index in [0.717, 1.165) is 48.6 Å². The fourth-order valence-corrected chi connectivity index (χ4v) is 5.22. The molecule has 3 aromatic heterocycles. The normalized spacial score (nSPS) is 18.6. The van der Waals surface area contributed by atoms with Gasteiger partial charge in [0.2, 0.25) is 5.88 Å². The predicted molar refractivity (Wildman–Crippen MR) is 136 cm³/mol. The first-order chi connectivity index (χ1) is 18.7. The Kier molecular flexibility index (Phi) is 6.09. The number of halogens is 3. The average Bonchev–Trinajstić information content (AvgIpc) is 3.42. The molecule has 0 saturated heterocycles. The van der Waals surface area contributed by atoms with Crippen molar-refractivity contribution in [2.75, 3.05) is 11.9 Å². The van der Waals surface area contributed by atoms with Crippen LogP contribution in [0.1, 0.15) is 50.1 Å². The average molecular weight is 541 g/mol. The number of hydrogen-bond donors (Lipinski definition) is 1. The summed E-state index contributed by atoms with van der Waals surface area (Å²) in [7, 11) is 0. The summed E-state index contributed by atoms with van der Waals surface area (Å²) in [6, 6.07) is 7.94. The van der Waals surface area contributed by atoms with Crippen molar-refractivity contribution in [3.8, 4) is 11.6 Å². The van der Waals surface area contributed by atoms with Gasteiger partial charge >= 0.3 is 12.2 Å². The predicted octanol–water partition coefficient (Wildman–Crippen LogP) is 6.04. The molecule has 1 aliphatic carbocycles. The summed E-state index contributed by atoms with van der Waals surface area (Å²) in [6.07, 6.45) is 0.410. The smallest absolute Gasteiger partial charge is 0.401 e. The molecule has 0 unspecified atom stereocenters. The fraction of sp³-hybridized carbons (Fsp3) is 0.407. The molecule has 9 nitrogen and oxygen atoms in total. The molecule has 204 valence electrons. The Bertz CT molecular complexity index is 1540. The molecule has 6 rings (SSSR count). The lowest BCUT2D eigenvalue weighted by Gasteiger charge is -2.34. The minimum absolute atomic E-state index is 0.0557. The van der Waals surface area contributed by atoms with Crippen LogP contribution >= 0.6 is 0 Å². The molecule has 0 radical (unpaired) electrons. The van der Waals surface area contributed by atoms with Crippen LogP contribution in [0.2, 0.25) is 0 Å². The van der Waals surface area contributed by atoms with Gasteiger partial charge in [0.1, 0.15) is 17.5 Å². The van der Waals surface area contributed by atoms with E-state index in [-0.39, 0.29) is 24.4 Å². The van der Waals surface area contributed by atoms with Crippen molar-refractivity contribution in [3.63, 3.8) is 0 Å². The largest absolute Gasteiger partial charge is 0.439 e. The van der Waals surface area contributed by atoms with Gasteiger partial charge in [-0.1, -0.05) is 12.1 Å². The monoisotopic (exact) mass is 540 g/mol. The first-order valence-corrected chi connectivity index (χ1v) is 12.9. The number of ether oxygens (including phenoxy) is 1. The molecule has 1 aromatic carbocycles. The molecule has 4 aromatic rings. The van der Waals surface area contributed by atoms with E-state index in [9.17, 15) is 18.0 Å². The van der Waals surface area contributed by atoms with E-state index < -0.39 is 17.6 Å². The molecule has 1 fully saturated rings. The number of fused-ring (bicyclic) bond motifs is 2. The zero-order chi connectivity index (χ0) is 27.4. The first kappa shape index (κ1) is 25.4. The van der Waals surface area contributed by atoms with E-state index >= 15 is 0 Å². The number of aromatic nitrogens is 4. The molecule has 1 saturated carbocycles. The number of carbonyl (C=O) groups is 1. The topological polar surface area (TPSA) is 98.3 Å². The molecule has 1 N–H and O–H groups in total. The number of benzene rings is 1. The molecular formula is C27H27F3N6O3. The van der Waals surface area contributed by atoms with Gasteiger partial charge in [0.15, 0.2) is 11.6 Å². The standard InChI is InChI=1S/C27H27F3N6O3/c1-3-9-35-14-20-19(11-16(35)2)24(32-15-31-20)38-18-4-5-21-17(12-18)6-10-36(21)25(37)33-23-13-22(39-34-23)26(7-8-26)27(28,29)30/h4-6,10,12-13,15-16H,3,7-9,11,14H2,1-2H3,(H,33,34,37)/t16-/m0/s1. The molecule has 0 spiro atoms. The number of anilines is 1. The van der Waals surface area contributed by atoms with Gasteiger partial charge in [0.25, 0.3) is 0 Å². The van der Waals surface area contributed by atoms with Crippen LogP contribution in [-0.2, 0) is 18.4 Å². The highest BCUT2D eigenvalue weighted by Crippen LogP contribution is 2.59. The molecule has 1 atom stereocenters. The van der Waals surface area contributed by atoms with Crippen molar-refractivity contribution >= 4 is 22.8 Å². The molecule has 39 heavy (non-hydrogen) atoms. The maximum absolute atomic E-state index is 13.4. The molecule has 2 aliphatic rings. The van der Waals surface area contributed by atoms with Gasteiger partial charge in [-0.15, -0.1) is 0 Å². The molecular weight excluding hydrogens is 513 g/mol. The maximum atomic E-state index is 13.4.